The van der Waals surface area contributed by atoms with E-state index in [2.05, 4.69) is 15.3 Å². The van der Waals surface area contributed by atoms with Crippen molar-refractivity contribution in [1.82, 2.24) is 19.5 Å². The Kier molecular flexibility index (Phi) is 7.98. The number of nitrogens with one attached hydrogen (secondary N) is 1. The zero-order chi connectivity index (χ0) is 25.8. The summed E-state index contributed by atoms with van der Waals surface area (Å²) in [6.07, 6.45) is 1.83. The van der Waals surface area contributed by atoms with E-state index in [1.807, 2.05) is 20.8 Å². The van der Waals surface area contributed by atoms with Gasteiger partial charge in [0.05, 0.1) is 30.0 Å². The van der Waals surface area contributed by atoms with E-state index < -0.39 is 30.0 Å². The number of aliphatic hydroxyl groups is 2. The van der Waals surface area contributed by atoms with Gasteiger partial charge in [-0.15, -0.1) is 0 Å². The molecule has 0 saturated carbocycles. The van der Waals surface area contributed by atoms with Gasteiger partial charge in [-0.05, 0) is 36.4 Å². The molecule has 0 bridgehead atoms. The lowest BCUT2D eigenvalue weighted by atomic mass is 9.95. The summed E-state index contributed by atoms with van der Waals surface area (Å²) < 4.78 is 15.5. The Balaban J connectivity index is 2.17. The molecule has 9 nitrogen and oxygen atoms in total. The van der Waals surface area contributed by atoms with Gasteiger partial charge in [-0.3, -0.25) is 4.79 Å². The number of carboxylic acid groups (broad SMARTS) is 1. The zero-order valence-electron chi connectivity index (χ0n) is 20.1. The second-order valence-corrected chi connectivity index (χ2v) is 9.17. The van der Waals surface area contributed by atoms with Gasteiger partial charge in [0.2, 0.25) is 5.95 Å². The van der Waals surface area contributed by atoms with Gasteiger partial charge < -0.3 is 25.2 Å². The van der Waals surface area contributed by atoms with Crippen LogP contribution in [0.5, 0.6) is 0 Å². The van der Waals surface area contributed by atoms with Crippen molar-refractivity contribution in [1.29, 1.82) is 0 Å². The Hall–Kier alpha value is -3.63. The van der Waals surface area contributed by atoms with Crippen LogP contribution in [0.25, 0.3) is 28.8 Å². The second-order valence-electron chi connectivity index (χ2n) is 9.17. The Morgan fingerprint density at radius 1 is 1.17 bits per heavy atom. The number of benzene rings is 1. The molecular weight excluding hydrogens is 453 g/mol. The van der Waals surface area contributed by atoms with Gasteiger partial charge in [0.25, 0.3) is 0 Å². The van der Waals surface area contributed by atoms with Crippen molar-refractivity contribution < 1.29 is 24.5 Å². The number of carbonyl (C=O) groups is 1. The standard InChI is InChI=1S/C25H30FN5O4/c1-25(2,3)23-30-21(19-9-11-28-24(27-4)29-19)22(15-5-7-16(26)8-6-15)31(23)12-10-17(32)13-18(33)14-20(34)35/h5-12,17-18,32-33H,13-14H2,1-4H3,(H,34,35)(H,27,28,29)/b12-10+. The number of rotatable bonds is 9. The van der Waals surface area contributed by atoms with E-state index in [0.29, 0.717) is 34.4 Å². The number of aliphatic carboxylic acids is 1. The summed E-state index contributed by atoms with van der Waals surface area (Å²) in [7, 11) is 1.71. The van der Waals surface area contributed by atoms with Crippen LogP contribution in [0.15, 0.2) is 42.6 Å². The SMILES string of the molecule is CNc1nccc(-c2nc(C(C)(C)C)n(/C=C/C(O)CC(O)CC(=O)O)c2-c2ccc(F)cc2)n1. The summed E-state index contributed by atoms with van der Waals surface area (Å²) in [5, 5.41) is 32.1. The highest BCUT2D eigenvalue weighted by Crippen LogP contribution is 2.36. The molecule has 35 heavy (non-hydrogen) atoms. The number of hydrogen-bond donors (Lipinski definition) is 4. The first-order valence-electron chi connectivity index (χ1n) is 11.2. The predicted molar refractivity (Wildman–Crippen MR) is 131 cm³/mol. The van der Waals surface area contributed by atoms with Crippen LogP contribution in [-0.4, -0.2) is 60.1 Å². The quantitative estimate of drug-likeness (QED) is 0.363. The lowest BCUT2D eigenvalue weighted by Crippen LogP contribution is -2.20. The van der Waals surface area contributed by atoms with Gasteiger partial charge in [-0.1, -0.05) is 20.8 Å². The first kappa shape index (κ1) is 26.0. The highest BCUT2D eigenvalue weighted by atomic mass is 19.1. The van der Waals surface area contributed by atoms with Crippen LogP contribution >= 0.6 is 0 Å². The maximum Gasteiger partial charge on any atom is 0.305 e. The molecule has 0 fully saturated rings. The van der Waals surface area contributed by atoms with E-state index in [1.165, 1.54) is 18.2 Å². The molecule has 3 rings (SSSR count). The number of anilines is 1. The van der Waals surface area contributed by atoms with Gasteiger partial charge in [-0.25, -0.2) is 19.3 Å². The number of imidazole rings is 1. The third-order valence-corrected chi connectivity index (χ3v) is 5.20. The molecular formula is C25H30FN5O4. The number of aliphatic hydroxyl groups excluding tert-OH is 2. The van der Waals surface area contributed by atoms with Gasteiger partial charge in [0.15, 0.2) is 0 Å². The van der Waals surface area contributed by atoms with Crippen molar-refractivity contribution >= 4 is 18.1 Å². The van der Waals surface area contributed by atoms with Gasteiger partial charge >= 0.3 is 5.97 Å². The molecule has 4 N–H and O–H groups in total. The van der Waals surface area contributed by atoms with E-state index >= 15 is 0 Å². The minimum atomic E-state index is -1.19. The van der Waals surface area contributed by atoms with Crippen LogP contribution in [-0.2, 0) is 10.2 Å². The Morgan fingerprint density at radius 3 is 2.46 bits per heavy atom. The molecule has 2 atom stereocenters. The van der Waals surface area contributed by atoms with Crippen LogP contribution in [0.4, 0.5) is 10.3 Å². The highest BCUT2D eigenvalue weighted by molar-refractivity contribution is 5.79. The third kappa shape index (κ3) is 6.49. The third-order valence-electron chi connectivity index (χ3n) is 5.20. The van der Waals surface area contributed by atoms with Crippen molar-refractivity contribution in [2.45, 2.75) is 51.2 Å². The maximum atomic E-state index is 13.7. The van der Waals surface area contributed by atoms with Crippen LogP contribution in [0, 0.1) is 5.82 Å². The molecule has 0 amide bonds. The van der Waals surface area contributed by atoms with Gasteiger partial charge in [-0.2, -0.15) is 0 Å². The van der Waals surface area contributed by atoms with Crippen LogP contribution < -0.4 is 5.32 Å². The van der Waals surface area contributed by atoms with Crippen molar-refractivity contribution in [2.24, 2.45) is 0 Å². The second kappa shape index (κ2) is 10.7. The van der Waals surface area contributed by atoms with E-state index in [9.17, 15) is 19.4 Å². The molecule has 186 valence electrons. The highest BCUT2D eigenvalue weighted by Gasteiger charge is 2.27. The smallest absolute Gasteiger partial charge is 0.305 e. The van der Waals surface area contributed by atoms with E-state index in [0.717, 1.165) is 0 Å². The molecule has 2 unspecified atom stereocenters. The molecule has 2 heterocycles. The monoisotopic (exact) mass is 483 g/mol. The summed E-state index contributed by atoms with van der Waals surface area (Å²) >= 11 is 0. The van der Waals surface area contributed by atoms with Crippen LogP contribution in [0.3, 0.4) is 0 Å². The Labute approximate surface area is 203 Å². The van der Waals surface area contributed by atoms with Crippen molar-refractivity contribution in [3.63, 3.8) is 0 Å². The fourth-order valence-corrected chi connectivity index (χ4v) is 3.61. The summed E-state index contributed by atoms with van der Waals surface area (Å²) in [6.45, 7) is 5.97. The number of aromatic nitrogens is 4. The molecule has 0 aliphatic carbocycles. The largest absolute Gasteiger partial charge is 0.481 e. The number of halogens is 1. The summed E-state index contributed by atoms with van der Waals surface area (Å²) in [6, 6.07) is 7.72. The molecule has 0 saturated heterocycles. The molecule has 0 aliphatic rings. The Morgan fingerprint density at radius 2 is 1.86 bits per heavy atom. The van der Waals surface area contributed by atoms with Crippen LogP contribution in [0.2, 0.25) is 0 Å². The van der Waals surface area contributed by atoms with Crippen molar-refractivity contribution in [3.05, 3.63) is 54.2 Å². The summed E-state index contributed by atoms with van der Waals surface area (Å²) in [5.74, 6) is -0.452. The molecule has 2 aromatic heterocycles. The lowest BCUT2D eigenvalue weighted by Gasteiger charge is -2.19. The van der Waals surface area contributed by atoms with Gasteiger partial charge in [0, 0.05) is 36.8 Å². The van der Waals surface area contributed by atoms with Gasteiger partial charge in [0.1, 0.15) is 17.3 Å². The zero-order valence-corrected chi connectivity index (χ0v) is 20.1. The topological polar surface area (TPSA) is 133 Å². The number of hydrogen-bond acceptors (Lipinski definition) is 7. The molecule has 0 spiro atoms. The van der Waals surface area contributed by atoms with E-state index in [4.69, 9.17) is 10.1 Å². The average molecular weight is 484 g/mol. The maximum absolute atomic E-state index is 13.7. The lowest BCUT2D eigenvalue weighted by molar-refractivity contribution is -0.139. The summed E-state index contributed by atoms with van der Waals surface area (Å²) in [4.78, 5) is 24.4. The van der Waals surface area contributed by atoms with Crippen LogP contribution in [0.1, 0.15) is 39.4 Å². The van der Waals surface area contributed by atoms with E-state index in [-0.39, 0.29) is 12.2 Å². The molecule has 0 radical (unpaired) electrons. The minimum absolute atomic E-state index is 0.140. The molecule has 0 aliphatic heterocycles. The number of carboxylic acids is 1. The van der Waals surface area contributed by atoms with Crippen molar-refractivity contribution in [2.75, 3.05) is 12.4 Å². The number of nitrogens with zero attached hydrogens (tertiary/aromatic N) is 4. The Bertz CT molecular complexity index is 1200. The molecule has 1 aromatic carbocycles. The first-order valence-corrected chi connectivity index (χ1v) is 11.2. The normalized spacial score (nSPS) is 13.7. The van der Waals surface area contributed by atoms with E-state index in [1.54, 1.807) is 42.2 Å². The fraction of sp³-hybridized carbons (Fsp3) is 0.360. The first-order chi connectivity index (χ1) is 16.5. The predicted octanol–water partition coefficient (Wildman–Crippen LogP) is 3.54. The molecule has 3 aromatic rings. The summed E-state index contributed by atoms with van der Waals surface area (Å²) in [5.41, 5.74) is 1.98. The average Bonchev–Trinajstić information content (AvgIpc) is 3.17. The van der Waals surface area contributed by atoms with Crippen molar-refractivity contribution in [3.8, 4) is 22.6 Å². The fourth-order valence-electron chi connectivity index (χ4n) is 3.61. The molecule has 10 heteroatoms. The minimum Gasteiger partial charge on any atom is -0.481 e.